The second-order valence-electron chi connectivity index (χ2n) is 10.2. The molecule has 0 fully saturated rings. The largest absolute Gasteiger partial charge is 0.497 e. The van der Waals surface area contributed by atoms with Crippen molar-refractivity contribution in [3.63, 3.8) is 0 Å². The van der Waals surface area contributed by atoms with Crippen LogP contribution in [0.2, 0.25) is 0 Å². The summed E-state index contributed by atoms with van der Waals surface area (Å²) in [6.07, 6.45) is 21.6. The van der Waals surface area contributed by atoms with Crippen LogP contribution in [0.5, 0.6) is 11.5 Å². The Labute approximate surface area is 235 Å². The van der Waals surface area contributed by atoms with Gasteiger partial charge in [-0.1, -0.05) is 109 Å². The van der Waals surface area contributed by atoms with Crippen LogP contribution < -0.4 is 14.9 Å². The predicted octanol–water partition coefficient (Wildman–Crippen LogP) is 8.63. The summed E-state index contributed by atoms with van der Waals surface area (Å²) in [4.78, 5) is 24.4. The average Bonchev–Trinajstić information content (AvgIpc) is 2.95. The van der Waals surface area contributed by atoms with Gasteiger partial charge in [0.05, 0.1) is 18.9 Å². The number of amides is 1. The lowest BCUT2D eigenvalue weighted by Gasteiger charge is -2.06. The van der Waals surface area contributed by atoms with Gasteiger partial charge in [-0.3, -0.25) is 4.79 Å². The lowest BCUT2D eigenvalue weighted by atomic mass is 10.0. The molecule has 0 heterocycles. The van der Waals surface area contributed by atoms with Gasteiger partial charge in [0.15, 0.2) is 0 Å². The molecule has 6 heteroatoms. The van der Waals surface area contributed by atoms with Crippen molar-refractivity contribution in [2.75, 3.05) is 7.11 Å². The fraction of sp³-hybridized carbons (Fsp3) is 0.545. The zero-order valence-corrected chi connectivity index (χ0v) is 24.1. The molecule has 0 aliphatic heterocycles. The molecule has 2 aromatic carbocycles. The fourth-order valence-corrected chi connectivity index (χ4v) is 4.44. The van der Waals surface area contributed by atoms with Crippen molar-refractivity contribution < 1.29 is 19.1 Å². The van der Waals surface area contributed by atoms with Crippen LogP contribution in [0, 0.1) is 0 Å². The van der Waals surface area contributed by atoms with Crippen LogP contribution >= 0.6 is 0 Å². The number of methoxy groups -OCH3 is 1. The Balaban J connectivity index is 1.50. The van der Waals surface area contributed by atoms with Gasteiger partial charge in [0, 0.05) is 6.42 Å². The Kier molecular flexibility index (Phi) is 17.1. The molecular weight excluding hydrogens is 488 g/mol. The number of hydrazone groups is 1. The summed E-state index contributed by atoms with van der Waals surface area (Å²) in [6, 6.07) is 13.7. The van der Waals surface area contributed by atoms with Crippen molar-refractivity contribution in [3.05, 3.63) is 59.7 Å². The number of carbonyl (C=O) groups is 2. The molecular formula is C33H48N2O4. The Hall–Kier alpha value is -3.15. The maximum atomic E-state index is 12.4. The number of unbranched alkanes of at least 4 members (excludes halogenated alkanes) is 14. The number of esters is 1. The lowest BCUT2D eigenvalue weighted by molar-refractivity contribution is -0.121. The van der Waals surface area contributed by atoms with Crippen LogP contribution in [-0.4, -0.2) is 25.2 Å². The van der Waals surface area contributed by atoms with E-state index in [4.69, 9.17) is 9.47 Å². The highest BCUT2D eigenvalue weighted by Crippen LogP contribution is 2.17. The van der Waals surface area contributed by atoms with Crippen molar-refractivity contribution >= 4 is 18.1 Å². The van der Waals surface area contributed by atoms with Gasteiger partial charge in [-0.15, -0.1) is 0 Å². The first-order valence-corrected chi connectivity index (χ1v) is 14.9. The maximum Gasteiger partial charge on any atom is 0.343 e. The van der Waals surface area contributed by atoms with E-state index >= 15 is 0 Å². The SMILES string of the molecule is CCCCCCCCCCCCCCCCCC(=O)NN=Cc1cccc(OC(=O)c2ccc(OC)cc2)c1. The van der Waals surface area contributed by atoms with Gasteiger partial charge in [0.1, 0.15) is 11.5 Å². The number of ether oxygens (including phenoxy) is 2. The number of benzene rings is 2. The first kappa shape index (κ1) is 32.1. The summed E-state index contributed by atoms with van der Waals surface area (Å²) in [6.45, 7) is 2.27. The fourth-order valence-electron chi connectivity index (χ4n) is 4.44. The maximum absolute atomic E-state index is 12.4. The highest BCUT2D eigenvalue weighted by atomic mass is 16.5. The van der Waals surface area contributed by atoms with E-state index in [1.165, 1.54) is 83.5 Å². The van der Waals surface area contributed by atoms with E-state index in [-0.39, 0.29) is 5.91 Å². The van der Waals surface area contributed by atoms with Gasteiger partial charge in [-0.05, 0) is 48.4 Å². The van der Waals surface area contributed by atoms with Gasteiger partial charge in [0.25, 0.3) is 0 Å². The Morgan fingerprint density at radius 1 is 0.744 bits per heavy atom. The molecule has 214 valence electrons. The monoisotopic (exact) mass is 536 g/mol. The van der Waals surface area contributed by atoms with Crippen LogP contribution in [0.4, 0.5) is 0 Å². The molecule has 0 bridgehead atoms. The van der Waals surface area contributed by atoms with Crippen molar-refractivity contribution in [1.29, 1.82) is 0 Å². The third kappa shape index (κ3) is 15.1. The van der Waals surface area contributed by atoms with Crippen molar-refractivity contribution in [1.82, 2.24) is 5.43 Å². The molecule has 0 saturated carbocycles. The van der Waals surface area contributed by atoms with Gasteiger partial charge in [-0.2, -0.15) is 5.10 Å². The molecule has 0 aliphatic rings. The molecule has 6 nitrogen and oxygen atoms in total. The van der Waals surface area contributed by atoms with Crippen LogP contribution in [0.1, 0.15) is 126 Å². The van der Waals surface area contributed by atoms with E-state index < -0.39 is 5.97 Å². The minimum absolute atomic E-state index is 0.0805. The molecule has 2 aromatic rings. The summed E-state index contributed by atoms with van der Waals surface area (Å²) in [5.41, 5.74) is 3.74. The molecule has 0 aromatic heterocycles. The zero-order chi connectivity index (χ0) is 28.0. The van der Waals surface area contributed by atoms with Gasteiger partial charge in [-0.25, -0.2) is 10.2 Å². The Bertz CT molecular complexity index is 972. The summed E-state index contributed by atoms with van der Waals surface area (Å²) in [7, 11) is 1.57. The standard InChI is InChI=1S/C33H48N2O4/c1-3-4-5-6-7-8-9-10-11-12-13-14-15-16-17-21-32(36)35-34-27-28-19-18-20-31(26-28)39-33(37)29-22-24-30(38-2)25-23-29/h18-20,22-27H,3-17,21H2,1-2H3,(H,35,36). The van der Waals surface area contributed by atoms with E-state index in [9.17, 15) is 9.59 Å². The highest BCUT2D eigenvalue weighted by molar-refractivity contribution is 5.91. The summed E-state index contributed by atoms with van der Waals surface area (Å²) >= 11 is 0. The quantitative estimate of drug-likeness (QED) is 0.0569. The van der Waals surface area contributed by atoms with Crippen molar-refractivity contribution in [2.45, 2.75) is 110 Å². The van der Waals surface area contributed by atoms with E-state index in [2.05, 4.69) is 17.5 Å². The number of carbonyl (C=O) groups excluding carboxylic acids is 2. The summed E-state index contributed by atoms with van der Waals surface area (Å²) in [5.74, 6) is 0.543. The van der Waals surface area contributed by atoms with Crippen LogP contribution in [0.25, 0.3) is 0 Å². The van der Waals surface area contributed by atoms with Crippen molar-refractivity contribution in [2.24, 2.45) is 5.10 Å². The predicted molar refractivity (Wildman–Crippen MR) is 160 cm³/mol. The van der Waals surface area contributed by atoms with Gasteiger partial charge >= 0.3 is 5.97 Å². The third-order valence-electron chi connectivity index (χ3n) is 6.80. The van der Waals surface area contributed by atoms with Crippen molar-refractivity contribution in [3.8, 4) is 11.5 Å². The smallest absolute Gasteiger partial charge is 0.343 e. The highest BCUT2D eigenvalue weighted by Gasteiger charge is 2.09. The first-order valence-electron chi connectivity index (χ1n) is 14.9. The number of nitrogens with one attached hydrogen (secondary N) is 1. The Morgan fingerprint density at radius 2 is 1.31 bits per heavy atom. The van der Waals surface area contributed by atoms with E-state index in [1.54, 1.807) is 55.8 Å². The zero-order valence-electron chi connectivity index (χ0n) is 24.1. The minimum atomic E-state index is -0.455. The molecule has 0 saturated heterocycles. The first-order chi connectivity index (χ1) is 19.1. The van der Waals surface area contributed by atoms with E-state index in [1.807, 2.05) is 6.07 Å². The van der Waals surface area contributed by atoms with Crippen LogP contribution in [-0.2, 0) is 4.79 Å². The molecule has 39 heavy (non-hydrogen) atoms. The molecule has 0 spiro atoms. The van der Waals surface area contributed by atoms with Crippen LogP contribution in [0.15, 0.2) is 53.6 Å². The van der Waals surface area contributed by atoms with E-state index in [0.717, 1.165) is 18.4 Å². The number of rotatable bonds is 21. The number of hydrogen-bond donors (Lipinski definition) is 1. The molecule has 0 unspecified atom stereocenters. The molecule has 1 N–H and O–H groups in total. The topological polar surface area (TPSA) is 77.0 Å². The van der Waals surface area contributed by atoms with Crippen LogP contribution in [0.3, 0.4) is 0 Å². The van der Waals surface area contributed by atoms with E-state index in [0.29, 0.717) is 23.5 Å². The summed E-state index contributed by atoms with van der Waals surface area (Å²) in [5, 5.41) is 4.05. The Morgan fingerprint density at radius 3 is 1.87 bits per heavy atom. The van der Waals surface area contributed by atoms with Gasteiger partial charge in [0.2, 0.25) is 5.91 Å². The number of hydrogen-bond acceptors (Lipinski definition) is 5. The normalized spacial score (nSPS) is 11.0. The summed E-state index contributed by atoms with van der Waals surface area (Å²) < 4.78 is 10.6. The third-order valence-corrected chi connectivity index (χ3v) is 6.80. The lowest BCUT2D eigenvalue weighted by Crippen LogP contribution is -2.16. The minimum Gasteiger partial charge on any atom is -0.497 e. The second-order valence-corrected chi connectivity index (χ2v) is 10.2. The number of nitrogens with zero attached hydrogens (tertiary/aromatic N) is 1. The molecule has 0 atom stereocenters. The van der Waals surface area contributed by atoms with Gasteiger partial charge < -0.3 is 9.47 Å². The molecule has 0 aliphatic carbocycles. The average molecular weight is 537 g/mol. The molecule has 1 amide bonds. The molecule has 0 radical (unpaired) electrons. The molecule has 2 rings (SSSR count). The second kappa shape index (κ2) is 20.8.